The molecule has 0 saturated heterocycles. The molecule has 108 valence electrons. The van der Waals surface area contributed by atoms with Crippen LogP contribution in [0, 0.1) is 0 Å². The van der Waals surface area contributed by atoms with E-state index in [-0.39, 0.29) is 6.54 Å². The molecule has 0 aromatic rings. The second-order valence-electron chi connectivity index (χ2n) is 4.54. The minimum atomic E-state index is -4.02. The van der Waals surface area contributed by atoms with Crippen molar-refractivity contribution in [2.45, 2.75) is 25.6 Å². The summed E-state index contributed by atoms with van der Waals surface area (Å²) in [6.45, 7) is 4.69. The summed E-state index contributed by atoms with van der Waals surface area (Å²) in [5.41, 5.74) is 0. The highest BCUT2D eigenvalue weighted by Gasteiger charge is 2.18. The van der Waals surface area contributed by atoms with E-state index in [9.17, 15) is 13.2 Å². The maximum atomic E-state index is 11.2. The average molecular weight is 315 g/mol. The molecule has 2 amide bonds. The van der Waals surface area contributed by atoms with Crippen LogP contribution in [0.25, 0.3) is 0 Å². The predicted octanol–water partition coefficient (Wildman–Crippen LogP) is -0.934. The smallest absolute Gasteiger partial charge is 0.314 e. The first-order valence-electron chi connectivity index (χ1n) is 5.68. The fraction of sp³-hybridized carbons (Fsp3) is 0.875. The Morgan fingerprint density at radius 1 is 1.33 bits per heavy atom. The third-order valence-corrected chi connectivity index (χ3v) is 9.14. The van der Waals surface area contributed by atoms with Gasteiger partial charge in [-0.25, -0.2) is 4.79 Å². The van der Waals surface area contributed by atoms with E-state index >= 15 is 0 Å². The molecule has 0 aromatic carbocycles. The van der Waals surface area contributed by atoms with Crippen molar-refractivity contribution >= 4 is 35.0 Å². The monoisotopic (exact) mass is 314 g/mol. The summed E-state index contributed by atoms with van der Waals surface area (Å²) < 4.78 is 34.7. The average Bonchev–Trinajstić information content (AvgIpc) is 2.23. The van der Waals surface area contributed by atoms with Gasteiger partial charge in [0.2, 0.25) is 0 Å². The number of hydrogen-bond donors (Lipinski definition) is 3. The standard InChI is InChI=1S/C8H22N2O5SSi2/c1-18(2,15-17)7-3-4-9-8(11)10-5-6-16(12,13)14/h3-7H2,1-2,17H3,(H2,9,10,11)(H,12,13,14). The van der Waals surface area contributed by atoms with E-state index in [4.69, 9.17) is 8.67 Å². The molecule has 0 aromatic heterocycles. The number of carbonyl (C=O) groups excluding carboxylic acids is 1. The van der Waals surface area contributed by atoms with Gasteiger partial charge in [0.05, 0.1) is 5.75 Å². The van der Waals surface area contributed by atoms with E-state index in [1.54, 1.807) is 0 Å². The maximum Gasteiger partial charge on any atom is 0.314 e. The van der Waals surface area contributed by atoms with Crippen LogP contribution < -0.4 is 10.6 Å². The number of carbonyl (C=O) groups is 1. The van der Waals surface area contributed by atoms with Crippen molar-refractivity contribution in [3.8, 4) is 0 Å². The quantitative estimate of drug-likeness (QED) is 0.305. The van der Waals surface area contributed by atoms with Gasteiger partial charge in [-0.1, -0.05) is 0 Å². The number of rotatable bonds is 8. The molecule has 7 nitrogen and oxygen atoms in total. The van der Waals surface area contributed by atoms with E-state index in [0.29, 0.717) is 6.54 Å². The van der Waals surface area contributed by atoms with Crippen molar-refractivity contribution in [2.75, 3.05) is 18.8 Å². The third-order valence-electron chi connectivity index (χ3n) is 2.44. The zero-order valence-electron chi connectivity index (χ0n) is 11.0. The lowest BCUT2D eigenvalue weighted by Gasteiger charge is -2.20. The molecule has 0 rings (SSSR count). The summed E-state index contributed by atoms with van der Waals surface area (Å²) in [5.74, 6) is -0.478. The van der Waals surface area contributed by atoms with Crippen molar-refractivity contribution in [3.05, 3.63) is 0 Å². The Labute approximate surface area is 112 Å². The van der Waals surface area contributed by atoms with E-state index in [1.165, 1.54) is 0 Å². The lowest BCUT2D eigenvalue weighted by atomic mass is 10.5. The van der Waals surface area contributed by atoms with E-state index < -0.39 is 30.2 Å². The van der Waals surface area contributed by atoms with Gasteiger partial charge in [0.25, 0.3) is 10.1 Å². The van der Waals surface area contributed by atoms with Gasteiger partial charge >= 0.3 is 6.03 Å². The van der Waals surface area contributed by atoms with Crippen LogP contribution in [0.15, 0.2) is 0 Å². The lowest BCUT2D eigenvalue weighted by Crippen LogP contribution is -2.39. The van der Waals surface area contributed by atoms with Crippen LogP contribution >= 0.6 is 0 Å². The summed E-state index contributed by atoms with van der Waals surface area (Å²) in [6.07, 6.45) is 0.840. The normalized spacial score (nSPS) is 12.4. The van der Waals surface area contributed by atoms with Crippen LogP contribution in [0.1, 0.15) is 6.42 Å². The maximum absolute atomic E-state index is 11.2. The molecule has 0 aliphatic rings. The summed E-state index contributed by atoms with van der Waals surface area (Å²) in [6, 6.07) is 0.548. The number of nitrogens with one attached hydrogen (secondary N) is 2. The van der Waals surface area contributed by atoms with Gasteiger partial charge in [0.1, 0.15) is 10.5 Å². The molecule has 0 unspecified atom stereocenters. The Balaban J connectivity index is 3.61. The van der Waals surface area contributed by atoms with Crippen LogP contribution in [0.3, 0.4) is 0 Å². The lowest BCUT2D eigenvalue weighted by molar-refractivity contribution is 0.241. The van der Waals surface area contributed by atoms with Crippen molar-refractivity contribution in [3.63, 3.8) is 0 Å². The molecular formula is C8H22N2O5SSi2. The highest BCUT2D eigenvalue weighted by atomic mass is 32.2. The van der Waals surface area contributed by atoms with Gasteiger partial charge in [0.15, 0.2) is 8.32 Å². The third kappa shape index (κ3) is 10.7. The highest BCUT2D eigenvalue weighted by molar-refractivity contribution is 7.85. The second kappa shape index (κ2) is 7.89. The van der Waals surface area contributed by atoms with Gasteiger partial charge < -0.3 is 14.7 Å². The molecular weight excluding hydrogens is 292 g/mol. The molecule has 10 heteroatoms. The highest BCUT2D eigenvalue weighted by Crippen LogP contribution is 2.10. The van der Waals surface area contributed by atoms with Crippen LogP contribution in [0.2, 0.25) is 19.1 Å². The van der Waals surface area contributed by atoms with E-state index in [1.807, 2.05) is 0 Å². The Hall–Kier alpha value is -0.426. The summed E-state index contributed by atoms with van der Waals surface area (Å²) in [4.78, 5) is 11.2. The van der Waals surface area contributed by atoms with E-state index in [0.717, 1.165) is 23.0 Å². The Morgan fingerprint density at radius 3 is 2.39 bits per heavy atom. The molecule has 0 heterocycles. The predicted molar refractivity (Wildman–Crippen MR) is 75.7 cm³/mol. The fourth-order valence-corrected chi connectivity index (χ4v) is 3.38. The second-order valence-corrected chi connectivity index (χ2v) is 11.8. The zero-order valence-corrected chi connectivity index (χ0v) is 14.8. The van der Waals surface area contributed by atoms with Crippen LogP contribution in [-0.4, -0.2) is 56.6 Å². The molecule has 0 atom stereocenters. The molecule has 0 saturated carbocycles. The molecule has 0 fully saturated rings. The zero-order chi connectivity index (χ0) is 14.2. The topological polar surface area (TPSA) is 105 Å². The fourth-order valence-electron chi connectivity index (χ4n) is 1.17. The van der Waals surface area contributed by atoms with Gasteiger partial charge in [-0.3, -0.25) is 4.55 Å². The summed E-state index contributed by atoms with van der Waals surface area (Å²) in [7, 11) is -4.80. The van der Waals surface area contributed by atoms with E-state index in [2.05, 4.69) is 23.7 Å². The molecule has 3 N–H and O–H groups in total. The Bertz CT molecular complexity index is 360. The molecule has 0 aliphatic carbocycles. The van der Waals surface area contributed by atoms with Gasteiger partial charge in [-0.15, -0.1) is 0 Å². The van der Waals surface area contributed by atoms with Gasteiger partial charge in [-0.05, 0) is 25.6 Å². The Morgan fingerprint density at radius 2 is 1.89 bits per heavy atom. The first-order chi connectivity index (χ1) is 8.16. The first kappa shape index (κ1) is 17.6. The SMILES string of the molecule is C[Si](C)(CCCNC(=O)NCCS(=O)(=O)O)O[SiH3]. The molecule has 0 radical (unpaired) electrons. The van der Waals surface area contributed by atoms with Crippen molar-refractivity contribution < 1.29 is 21.9 Å². The molecule has 0 bridgehead atoms. The van der Waals surface area contributed by atoms with Crippen molar-refractivity contribution in [2.24, 2.45) is 0 Å². The van der Waals surface area contributed by atoms with Crippen molar-refractivity contribution in [1.82, 2.24) is 10.6 Å². The summed E-state index contributed by atoms with van der Waals surface area (Å²) in [5, 5.41) is 4.97. The van der Waals surface area contributed by atoms with Gasteiger partial charge in [-0.2, -0.15) is 8.42 Å². The summed E-state index contributed by atoms with van der Waals surface area (Å²) >= 11 is 0. The minimum absolute atomic E-state index is 0.103. The molecule has 0 spiro atoms. The van der Waals surface area contributed by atoms with Gasteiger partial charge in [0, 0.05) is 13.1 Å². The molecule has 0 aliphatic heterocycles. The minimum Gasteiger partial charge on any atom is -0.463 e. The van der Waals surface area contributed by atoms with Crippen LogP contribution in [-0.2, 0) is 14.2 Å². The largest absolute Gasteiger partial charge is 0.463 e. The first-order valence-corrected chi connectivity index (χ1v) is 11.2. The number of amides is 2. The van der Waals surface area contributed by atoms with Crippen LogP contribution in [0.4, 0.5) is 4.79 Å². The molecule has 18 heavy (non-hydrogen) atoms. The Kier molecular flexibility index (Phi) is 7.70. The van der Waals surface area contributed by atoms with Crippen molar-refractivity contribution in [1.29, 1.82) is 0 Å². The number of hydrogen-bond acceptors (Lipinski definition) is 4. The van der Waals surface area contributed by atoms with Crippen LogP contribution in [0.5, 0.6) is 0 Å². The number of urea groups is 1.